The molecule has 0 saturated carbocycles. The maximum absolute atomic E-state index is 12.7. The van der Waals surface area contributed by atoms with Crippen molar-refractivity contribution in [2.45, 2.75) is 17.4 Å². The smallest absolute Gasteiger partial charge is 0.326 e. The van der Waals surface area contributed by atoms with Crippen LogP contribution in [0.1, 0.15) is 17.3 Å². The van der Waals surface area contributed by atoms with E-state index in [-0.39, 0.29) is 11.4 Å². The summed E-state index contributed by atoms with van der Waals surface area (Å²) in [4.78, 5) is 11.6. The molecule has 22 heavy (non-hydrogen) atoms. The second kappa shape index (κ2) is 5.38. The second-order valence-electron chi connectivity index (χ2n) is 4.86. The highest BCUT2D eigenvalue weighted by Crippen LogP contribution is 2.33. The lowest BCUT2D eigenvalue weighted by atomic mass is 10.0. The van der Waals surface area contributed by atoms with E-state index in [0.29, 0.717) is 22.7 Å². The fraction of sp³-hybridized carbons (Fsp3) is 0.231. The van der Waals surface area contributed by atoms with Gasteiger partial charge < -0.3 is 5.11 Å². The highest BCUT2D eigenvalue weighted by Gasteiger charge is 2.41. The van der Waals surface area contributed by atoms with Gasteiger partial charge >= 0.3 is 5.97 Å². The number of aromatic nitrogens is 2. The molecule has 0 fully saturated rings. The maximum atomic E-state index is 12.7. The van der Waals surface area contributed by atoms with Gasteiger partial charge in [0.1, 0.15) is 0 Å². The van der Waals surface area contributed by atoms with Crippen LogP contribution < -0.4 is 0 Å². The van der Waals surface area contributed by atoms with E-state index in [1.807, 2.05) is 0 Å². The van der Waals surface area contributed by atoms with Crippen molar-refractivity contribution in [2.24, 2.45) is 0 Å². The molecular weight excluding hydrogens is 330 g/mol. The number of rotatable bonds is 3. The summed E-state index contributed by atoms with van der Waals surface area (Å²) in [5.74, 6) is -1.24. The Kier molecular flexibility index (Phi) is 3.67. The molecule has 2 heterocycles. The zero-order valence-electron chi connectivity index (χ0n) is 11.2. The molecule has 7 nitrogen and oxygen atoms in total. The molecule has 3 rings (SSSR count). The number of benzene rings is 1. The molecule has 1 atom stereocenters. The molecule has 1 aromatic heterocycles. The van der Waals surface area contributed by atoms with Gasteiger partial charge in [-0.15, -0.1) is 0 Å². The van der Waals surface area contributed by atoms with Gasteiger partial charge in [0, 0.05) is 29.2 Å². The van der Waals surface area contributed by atoms with Gasteiger partial charge in [-0.25, -0.2) is 8.42 Å². The fourth-order valence-corrected chi connectivity index (χ4v) is 4.21. The van der Waals surface area contributed by atoms with Crippen LogP contribution in [-0.2, 0) is 21.2 Å². The molecule has 0 spiro atoms. The number of halogens is 1. The Hall–Kier alpha value is -1.90. The highest BCUT2D eigenvalue weighted by molar-refractivity contribution is 7.89. The SMILES string of the molecule is O=C(O)C1c2cn[nH]c2CCN1S(=O)(=O)c1ccc(Cl)cc1. The van der Waals surface area contributed by atoms with Crippen LogP contribution in [0.5, 0.6) is 0 Å². The van der Waals surface area contributed by atoms with E-state index < -0.39 is 22.0 Å². The molecule has 0 amide bonds. The third-order valence-electron chi connectivity index (χ3n) is 3.57. The van der Waals surface area contributed by atoms with Gasteiger partial charge in [-0.1, -0.05) is 11.6 Å². The lowest BCUT2D eigenvalue weighted by molar-refractivity contribution is -0.142. The Bertz CT molecular complexity index is 816. The number of hydrogen-bond donors (Lipinski definition) is 2. The third kappa shape index (κ3) is 2.39. The predicted octanol–water partition coefficient (Wildman–Crippen LogP) is 1.44. The Labute approximate surface area is 131 Å². The quantitative estimate of drug-likeness (QED) is 0.879. The number of aromatic amines is 1. The van der Waals surface area contributed by atoms with Crippen LogP contribution in [0.15, 0.2) is 35.4 Å². The number of carboxylic acids is 1. The predicted molar refractivity (Wildman–Crippen MR) is 78.0 cm³/mol. The number of sulfonamides is 1. The van der Waals surface area contributed by atoms with Crippen molar-refractivity contribution in [1.29, 1.82) is 0 Å². The molecular formula is C13H12ClN3O4S. The van der Waals surface area contributed by atoms with Crippen LogP contribution in [0.4, 0.5) is 0 Å². The number of aliphatic carboxylic acids is 1. The number of H-pyrrole nitrogens is 1. The van der Waals surface area contributed by atoms with Gasteiger partial charge in [0.2, 0.25) is 10.0 Å². The number of fused-ring (bicyclic) bond motifs is 1. The molecule has 0 radical (unpaired) electrons. The molecule has 2 N–H and O–H groups in total. The molecule has 1 aromatic carbocycles. The second-order valence-corrected chi connectivity index (χ2v) is 7.19. The lowest BCUT2D eigenvalue weighted by Gasteiger charge is -2.31. The summed E-state index contributed by atoms with van der Waals surface area (Å²) < 4.78 is 26.5. The van der Waals surface area contributed by atoms with Crippen molar-refractivity contribution in [1.82, 2.24) is 14.5 Å². The van der Waals surface area contributed by atoms with Gasteiger partial charge in [-0.2, -0.15) is 9.40 Å². The van der Waals surface area contributed by atoms with Crippen molar-refractivity contribution in [2.75, 3.05) is 6.54 Å². The first-order chi connectivity index (χ1) is 10.4. The Morgan fingerprint density at radius 2 is 2.05 bits per heavy atom. The first-order valence-corrected chi connectivity index (χ1v) is 8.25. The zero-order chi connectivity index (χ0) is 15.9. The first-order valence-electron chi connectivity index (χ1n) is 6.43. The van der Waals surface area contributed by atoms with Gasteiger partial charge in [0.25, 0.3) is 0 Å². The Morgan fingerprint density at radius 1 is 1.36 bits per heavy atom. The van der Waals surface area contributed by atoms with E-state index in [1.165, 1.54) is 30.5 Å². The summed E-state index contributed by atoms with van der Waals surface area (Å²) in [7, 11) is -3.94. The molecule has 1 aliphatic heterocycles. The molecule has 2 aromatic rings. The molecule has 116 valence electrons. The normalized spacial score (nSPS) is 18.9. The molecule has 1 aliphatic rings. The van der Waals surface area contributed by atoms with E-state index in [2.05, 4.69) is 10.2 Å². The van der Waals surface area contributed by atoms with Crippen LogP contribution >= 0.6 is 11.6 Å². The van der Waals surface area contributed by atoms with Crippen molar-refractivity contribution >= 4 is 27.6 Å². The van der Waals surface area contributed by atoms with Crippen LogP contribution in [0.3, 0.4) is 0 Å². The largest absolute Gasteiger partial charge is 0.480 e. The lowest BCUT2D eigenvalue weighted by Crippen LogP contribution is -2.43. The number of carbonyl (C=O) groups is 1. The third-order valence-corrected chi connectivity index (χ3v) is 5.70. The standard InChI is InChI=1S/C13H12ClN3O4S/c14-8-1-3-9(4-2-8)22(20,21)17-6-5-11-10(7-15-16-11)12(17)13(18)19/h1-4,7,12H,5-6H2,(H,15,16)(H,18,19). The van der Waals surface area contributed by atoms with Crippen LogP contribution in [-0.4, -0.2) is 40.5 Å². The number of nitrogens with zero attached hydrogens (tertiary/aromatic N) is 2. The van der Waals surface area contributed by atoms with Crippen LogP contribution in [0.2, 0.25) is 5.02 Å². The van der Waals surface area contributed by atoms with Crippen molar-refractivity contribution in [3.05, 3.63) is 46.7 Å². The van der Waals surface area contributed by atoms with Gasteiger partial charge in [-0.05, 0) is 24.3 Å². The Balaban J connectivity index is 2.07. The molecule has 9 heteroatoms. The summed E-state index contributed by atoms with van der Waals surface area (Å²) in [5.41, 5.74) is 1.02. The molecule has 0 bridgehead atoms. The number of hydrogen-bond acceptors (Lipinski definition) is 4. The van der Waals surface area contributed by atoms with E-state index in [0.717, 1.165) is 4.31 Å². The van der Waals surface area contributed by atoms with Crippen molar-refractivity contribution in [3.63, 3.8) is 0 Å². The van der Waals surface area contributed by atoms with E-state index in [4.69, 9.17) is 11.6 Å². The Morgan fingerprint density at radius 3 is 2.68 bits per heavy atom. The number of nitrogens with one attached hydrogen (secondary N) is 1. The van der Waals surface area contributed by atoms with Gasteiger partial charge in [0.05, 0.1) is 11.1 Å². The topological polar surface area (TPSA) is 103 Å². The summed E-state index contributed by atoms with van der Waals surface area (Å²) in [6.07, 6.45) is 1.74. The minimum Gasteiger partial charge on any atom is -0.480 e. The van der Waals surface area contributed by atoms with E-state index >= 15 is 0 Å². The minimum atomic E-state index is -3.94. The van der Waals surface area contributed by atoms with E-state index in [1.54, 1.807) is 0 Å². The fourth-order valence-electron chi connectivity index (χ4n) is 2.52. The molecule has 0 saturated heterocycles. The zero-order valence-corrected chi connectivity index (χ0v) is 12.8. The summed E-state index contributed by atoms with van der Waals surface area (Å²) in [5, 5.41) is 16.4. The summed E-state index contributed by atoms with van der Waals surface area (Å²) >= 11 is 5.76. The van der Waals surface area contributed by atoms with Crippen LogP contribution in [0, 0.1) is 0 Å². The first kappa shape index (κ1) is 15.0. The molecule has 1 unspecified atom stereocenters. The maximum Gasteiger partial charge on any atom is 0.326 e. The average molecular weight is 342 g/mol. The summed E-state index contributed by atoms with van der Waals surface area (Å²) in [6.45, 7) is 0.0666. The van der Waals surface area contributed by atoms with Crippen molar-refractivity contribution < 1.29 is 18.3 Å². The van der Waals surface area contributed by atoms with Crippen LogP contribution in [0.25, 0.3) is 0 Å². The summed E-state index contributed by atoms with van der Waals surface area (Å²) in [6, 6.07) is 4.35. The van der Waals surface area contributed by atoms with Crippen molar-refractivity contribution in [3.8, 4) is 0 Å². The van der Waals surface area contributed by atoms with Gasteiger partial charge in [-0.3, -0.25) is 9.89 Å². The average Bonchev–Trinajstić information content (AvgIpc) is 2.94. The van der Waals surface area contributed by atoms with Gasteiger partial charge in [0.15, 0.2) is 6.04 Å². The number of carboxylic acid groups (broad SMARTS) is 1. The highest BCUT2D eigenvalue weighted by atomic mass is 35.5. The monoisotopic (exact) mass is 341 g/mol. The van der Waals surface area contributed by atoms with E-state index in [9.17, 15) is 18.3 Å². The molecule has 0 aliphatic carbocycles. The minimum absolute atomic E-state index is 0.00935.